The topological polar surface area (TPSA) is 74.3 Å². The van der Waals surface area contributed by atoms with Crippen molar-refractivity contribution >= 4 is 23.9 Å². The first-order valence-corrected chi connectivity index (χ1v) is 8.80. The van der Waals surface area contributed by atoms with E-state index in [1.807, 2.05) is 12.1 Å². The Labute approximate surface area is 152 Å². The number of carbonyl (C=O) groups excluding carboxylic acids is 2. The van der Waals surface area contributed by atoms with Crippen molar-refractivity contribution in [3.05, 3.63) is 65.5 Å². The number of hydrogen-bond donors (Lipinski definition) is 2. The fourth-order valence-electron chi connectivity index (χ4n) is 3.14. The van der Waals surface area contributed by atoms with E-state index in [1.165, 1.54) is 11.9 Å². The first kappa shape index (κ1) is 16.9. The van der Waals surface area contributed by atoms with Crippen LogP contribution in [-0.4, -0.2) is 33.1 Å². The highest BCUT2D eigenvalue weighted by atomic mass is 32.2. The summed E-state index contributed by atoms with van der Waals surface area (Å²) in [4.78, 5) is 30.5. The van der Waals surface area contributed by atoms with Crippen molar-refractivity contribution in [3.8, 4) is 0 Å². The average molecular weight is 376 g/mol. The maximum absolute atomic E-state index is 13.4. The van der Waals surface area contributed by atoms with Crippen LogP contribution in [0, 0.1) is 11.6 Å². The van der Waals surface area contributed by atoms with Gasteiger partial charge in [0.1, 0.15) is 16.9 Å². The van der Waals surface area contributed by atoms with Gasteiger partial charge in [0.2, 0.25) is 5.91 Å². The molecule has 2 N–H and O–H groups in total. The smallest absolute Gasteiger partial charge is 0.324 e. The van der Waals surface area contributed by atoms with Crippen LogP contribution in [0.1, 0.15) is 17.3 Å². The Morgan fingerprint density at radius 2 is 1.92 bits per heavy atom. The van der Waals surface area contributed by atoms with Crippen molar-refractivity contribution in [2.75, 3.05) is 0 Å². The fourth-order valence-corrected chi connectivity index (χ4v) is 4.30. The van der Waals surface area contributed by atoms with Crippen molar-refractivity contribution < 1.29 is 18.4 Å². The number of fused-ring (bicyclic) bond motifs is 1. The molecular weight excluding hydrogens is 362 g/mol. The van der Waals surface area contributed by atoms with E-state index >= 15 is 0 Å². The molecule has 2 saturated heterocycles. The van der Waals surface area contributed by atoms with E-state index in [1.54, 1.807) is 12.3 Å². The molecule has 0 aliphatic carbocycles. The van der Waals surface area contributed by atoms with Crippen LogP contribution in [0.4, 0.5) is 13.6 Å². The van der Waals surface area contributed by atoms with Crippen molar-refractivity contribution in [2.24, 2.45) is 0 Å². The van der Waals surface area contributed by atoms with Crippen LogP contribution in [0.2, 0.25) is 0 Å². The molecule has 3 atom stereocenters. The van der Waals surface area contributed by atoms with Crippen LogP contribution in [0.15, 0.2) is 42.6 Å². The van der Waals surface area contributed by atoms with Gasteiger partial charge in [0.25, 0.3) is 0 Å². The van der Waals surface area contributed by atoms with Gasteiger partial charge < -0.3 is 5.32 Å². The largest absolute Gasteiger partial charge is 0.331 e. The first-order valence-electron chi connectivity index (χ1n) is 7.92. The van der Waals surface area contributed by atoms with Gasteiger partial charge in [0, 0.05) is 12.3 Å². The lowest BCUT2D eigenvalue weighted by Gasteiger charge is -2.34. The van der Waals surface area contributed by atoms with Gasteiger partial charge in [0.05, 0.1) is 24.3 Å². The highest BCUT2D eigenvalue weighted by Crippen LogP contribution is 2.36. The molecule has 2 aliphatic rings. The summed E-state index contributed by atoms with van der Waals surface area (Å²) in [7, 11) is 0. The van der Waals surface area contributed by atoms with E-state index < -0.39 is 34.9 Å². The maximum Gasteiger partial charge on any atom is 0.324 e. The number of hydrogen-bond acceptors (Lipinski definition) is 5. The second-order valence-electron chi connectivity index (χ2n) is 6.07. The molecule has 1 aromatic carbocycles. The Kier molecular flexibility index (Phi) is 4.33. The Balaban J connectivity index is 1.55. The normalized spacial score (nSPS) is 25.2. The van der Waals surface area contributed by atoms with Crippen LogP contribution in [0.25, 0.3) is 0 Å². The minimum absolute atomic E-state index is 0.197. The zero-order chi connectivity index (χ0) is 18.3. The number of aromatic nitrogens is 1. The summed E-state index contributed by atoms with van der Waals surface area (Å²) in [5.74, 6) is -1.91. The lowest BCUT2D eigenvalue weighted by atomic mass is 9.99. The number of carbonyl (C=O) groups is 2. The first-order chi connectivity index (χ1) is 12.5. The van der Waals surface area contributed by atoms with E-state index in [0.29, 0.717) is 0 Å². The summed E-state index contributed by atoms with van der Waals surface area (Å²) in [5, 5.41) is 2.27. The molecule has 4 rings (SSSR count). The molecule has 2 fully saturated rings. The summed E-state index contributed by atoms with van der Waals surface area (Å²) >= 11 is 1.22. The Morgan fingerprint density at radius 1 is 1.15 bits per heavy atom. The van der Waals surface area contributed by atoms with Gasteiger partial charge >= 0.3 is 6.03 Å². The van der Waals surface area contributed by atoms with E-state index in [-0.39, 0.29) is 18.2 Å². The van der Waals surface area contributed by atoms with Gasteiger partial charge in [-0.1, -0.05) is 18.0 Å². The molecule has 2 aromatic rings. The highest BCUT2D eigenvalue weighted by molar-refractivity contribution is 7.99. The van der Waals surface area contributed by atoms with Gasteiger partial charge in [-0.3, -0.25) is 19.4 Å². The summed E-state index contributed by atoms with van der Waals surface area (Å²) in [6, 6.07) is 7.05. The van der Waals surface area contributed by atoms with Crippen LogP contribution in [0.3, 0.4) is 0 Å². The van der Waals surface area contributed by atoms with E-state index in [2.05, 4.69) is 15.0 Å². The molecule has 0 bridgehead atoms. The standard InChI is InChI=1S/C17H14F2N4O2S/c18-10-5-9(6-11(19)7-10)8-23-16(24)15-14(21-17(23)25)13(22-26-15)12-3-1-2-4-20-12/h1-7,13-15,22H,8H2,(H,21,25). The number of nitrogens with one attached hydrogen (secondary N) is 2. The molecular formula is C17H14F2N4O2S. The zero-order valence-corrected chi connectivity index (χ0v) is 14.2. The van der Waals surface area contributed by atoms with Crippen molar-refractivity contribution in [2.45, 2.75) is 23.9 Å². The molecule has 0 radical (unpaired) electrons. The summed E-state index contributed by atoms with van der Waals surface area (Å²) in [6.45, 7) is -0.197. The molecule has 2 aliphatic heterocycles. The van der Waals surface area contributed by atoms with Crippen LogP contribution in [-0.2, 0) is 11.3 Å². The summed E-state index contributed by atoms with van der Waals surface area (Å²) < 4.78 is 29.9. The minimum Gasteiger partial charge on any atom is -0.331 e. The van der Waals surface area contributed by atoms with Crippen molar-refractivity contribution in [1.29, 1.82) is 0 Å². The quantitative estimate of drug-likeness (QED) is 0.803. The number of pyridine rings is 1. The van der Waals surface area contributed by atoms with Crippen molar-refractivity contribution in [1.82, 2.24) is 19.9 Å². The number of benzene rings is 1. The molecule has 26 heavy (non-hydrogen) atoms. The number of rotatable bonds is 3. The number of halogens is 2. The number of imide groups is 1. The van der Waals surface area contributed by atoms with Gasteiger partial charge in [-0.15, -0.1) is 0 Å². The molecule has 134 valence electrons. The third-order valence-electron chi connectivity index (χ3n) is 4.32. The van der Waals surface area contributed by atoms with Crippen LogP contribution < -0.4 is 10.0 Å². The van der Waals surface area contributed by atoms with Gasteiger partial charge in [-0.05, 0) is 29.8 Å². The Bertz CT molecular complexity index is 847. The molecule has 9 heteroatoms. The molecule has 0 saturated carbocycles. The van der Waals surface area contributed by atoms with Gasteiger partial charge in [-0.25, -0.2) is 13.6 Å². The molecule has 0 spiro atoms. The number of urea groups is 1. The Hall–Kier alpha value is -2.52. The lowest BCUT2D eigenvalue weighted by molar-refractivity contribution is -0.130. The lowest BCUT2D eigenvalue weighted by Crippen LogP contribution is -2.61. The Morgan fingerprint density at radius 3 is 2.62 bits per heavy atom. The second-order valence-corrected chi connectivity index (χ2v) is 7.05. The monoisotopic (exact) mass is 376 g/mol. The van der Waals surface area contributed by atoms with Crippen LogP contribution >= 0.6 is 11.9 Å². The zero-order valence-electron chi connectivity index (χ0n) is 13.4. The highest BCUT2D eigenvalue weighted by Gasteiger charge is 2.50. The predicted molar refractivity (Wildman–Crippen MR) is 90.7 cm³/mol. The average Bonchev–Trinajstić information content (AvgIpc) is 3.02. The molecule has 1 aromatic heterocycles. The van der Waals surface area contributed by atoms with Gasteiger partial charge in [0.15, 0.2) is 0 Å². The minimum atomic E-state index is -0.755. The number of nitrogens with zero attached hydrogens (tertiary/aromatic N) is 2. The molecule has 3 heterocycles. The van der Waals surface area contributed by atoms with E-state index in [9.17, 15) is 18.4 Å². The molecule has 3 unspecified atom stereocenters. The van der Waals surface area contributed by atoms with Crippen molar-refractivity contribution in [3.63, 3.8) is 0 Å². The second kappa shape index (κ2) is 6.65. The molecule has 6 nitrogen and oxygen atoms in total. The van der Waals surface area contributed by atoms with E-state index in [0.717, 1.165) is 28.8 Å². The predicted octanol–water partition coefficient (Wildman–Crippen LogP) is 2.14. The fraction of sp³-hybridized carbons (Fsp3) is 0.235. The maximum atomic E-state index is 13.4. The third-order valence-corrected chi connectivity index (χ3v) is 5.46. The summed E-state index contributed by atoms with van der Waals surface area (Å²) in [6.07, 6.45) is 1.65. The van der Waals surface area contributed by atoms with Gasteiger partial charge in [-0.2, -0.15) is 0 Å². The van der Waals surface area contributed by atoms with E-state index in [4.69, 9.17) is 0 Å². The number of amides is 3. The summed E-state index contributed by atoms with van der Waals surface area (Å²) in [5.41, 5.74) is 0.933. The third kappa shape index (κ3) is 3.04. The van der Waals surface area contributed by atoms with Crippen LogP contribution in [0.5, 0.6) is 0 Å². The molecule has 3 amide bonds. The SMILES string of the molecule is O=C1NC2C(SNC2c2ccccn2)C(=O)N1Cc1cc(F)cc(F)c1.